The quantitative estimate of drug-likeness (QED) is 0.602. The maximum absolute atomic E-state index is 12.0. The molecule has 1 amide bonds. The Morgan fingerprint density at radius 1 is 1.27 bits per heavy atom. The first-order valence-corrected chi connectivity index (χ1v) is 5.50. The van der Waals surface area contributed by atoms with E-state index in [9.17, 15) is 4.79 Å². The minimum atomic E-state index is -0.485. The molecule has 0 N–H and O–H groups in total. The van der Waals surface area contributed by atoms with Crippen molar-refractivity contribution in [1.29, 1.82) is 0 Å². The monoisotopic (exact) mass is 213 g/mol. The summed E-state index contributed by atoms with van der Waals surface area (Å²) in [5.41, 5.74) is -0.315. The van der Waals surface area contributed by atoms with Crippen molar-refractivity contribution < 1.29 is 14.3 Å². The zero-order chi connectivity index (χ0) is 11.1. The molecule has 2 saturated heterocycles. The van der Waals surface area contributed by atoms with E-state index in [1.807, 2.05) is 25.7 Å². The number of nitrogens with zero attached hydrogens (tertiary/aromatic N) is 1. The molecular formula is C11H19NO3. The van der Waals surface area contributed by atoms with Gasteiger partial charge in [-0.1, -0.05) is 20.8 Å². The second-order valence-corrected chi connectivity index (χ2v) is 5.33. The molecule has 0 radical (unpaired) electrons. The Bertz CT molecular complexity index is 263. The van der Waals surface area contributed by atoms with Crippen molar-refractivity contribution in [3.05, 3.63) is 0 Å². The summed E-state index contributed by atoms with van der Waals surface area (Å²) >= 11 is 0. The number of ether oxygens (including phenoxy) is 2. The second kappa shape index (κ2) is 3.46. The molecule has 4 heteroatoms. The molecule has 86 valence electrons. The van der Waals surface area contributed by atoms with E-state index in [0.717, 1.165) is 13.0 Å². The molecule has 2 heterocycles. The molecule has 0 atom stereocenters. The highest BCUT2D eigenvalue weighted by molar-refractivity contribution is 5.81. The van der Waals surface area contributed by atoms with Crippen LogP contribution in [0.5, 0.6) is 0 Å². The van der Waals surface area contributed by atoms with Crippen LogP contribution in [0.1, 0.15) is 27.2 Å². The van der Waals surface area contributed by atoms with E-state index in [-0.39, 0.29) is 11.3 Å². The zero-order valence-electron chi connectivity index (χ0n) is 9.71. The standard InChI is InChI=1S/C11H19NO3/c1-10(2,3)9(13)12-5-4-11(8-12)14-6-7-15-11/h4-8H2,1-3H3. The smallest absolute Gasteiger partial charge is 0.228 e. The van der Waals surface area contributed by atoms with Gasteiger partial charge in [-0.2, -0.15) is 0 Å². The lowest BCUT2D eigenvalue weighted by Gasteiger charge is -2.27. The lowest BCUT2D eigenvalue weighted by molar-refractivity contribution is -0.156. The number of carbonyl (C=O) groups is 1. The molecule has 0 saturated carbocycles. The Morgan fingerprint density at radius 3 is 2.40 bits per heavy atom. The largest absolute Gasteiger partial charge is 0.346 e. The summed E-state index contributed by atoms with van der Waals surface area (Å²) in [6.07, 6.45) is 0.800. The number of rotatable bonds is 0. The molecular weight excluding hydrogens is 194 g/mol. The van der Waals surface area contributed by atoms with Crippen LogP contribution in [0.25, 0.3) is 0 Å². The van der Waals surface area contributed by atoms with Crippen LogP contribution in [0.15, 0.2) is 0 Å². The fourth-order valence-electron chi connectivity index (χ4n) is 2.13. The number of likely N-dealkylation sites (tertiary alicyclic amines) is 1. The van der Waals surface area contributed by atoms with Crippen LogP contribution in [-0.4, -0.2) is 42.9 Å². The average molecular weight is 213 g/mol. The molecule has 15 heavy (non-hydrogen) atoms. The van der Waals surface area contributed by atoms with E-state index in [4.69, 9.17) is 9.47 Å². The third-order valence-electron chi connectivity index (χ3n) is 2.94. The van der Waals surface area contributed by atoms with Gasteiger partial charge >= 0.3 is 0 Å². The van der Waals surface area contributed by atoms with Gasteiger partial charge < -0.3 is 14.4 Å². The summed E-state index contributed by atoms with van der Waals surface area (Å²) < 4.78 is 11.2. The highest BCUT2D eigenvalue weighted by atomic mass is 16.7. The number of amides is 1. The van der Waals surface area contributed by atoms with Crippen molar-refractivity contribution in [3.8, 4) is 0 Å². The normalized spacial score (nSPS) is 25.1. The Kier molecular flexibility index (Phi) is 2.51. The van der Waals surface area contributed by atoms with Crippen LogP contribution >= 0.6 is 0 Å². The van der Waals surface area contributed by atoms with Gasteiger partial charge in [0.15, 0.2) is 5.79 Å². The summed E-state index contributed by atoms with van der Waals surface area (Å²) in [5.74, 6) is -0.306. The van der Waals surface area contributed by atoms with Crippen LogP contribution in [0.3, 0.4) is 0 Å². The van der Waals surface area contributed by atoms with E-state index in [2.05, 4.69) is 0 Å². The van der Waals surface area contributed by atoms with E-state index in [0.29, 0.717) is 19.8 Å². The lowest BCUT2D eigenvalue weighted by atomic mass is 9.95. The van der Waals surface area contributed by atoms with E-state index in [1.165, 1.54) is 0 Å². The molecule has 0 aromatic heterocycles. The maximum Gasteiger partial charge on any atom is 0.228 e. The Labute approximate surface area is 90.5 Å². The molecule has 2 rings (SSSR count). The summed E-state index contributed by atoms with van der Waals surface area (Å²) in [6.45, 7) is 8.46. The first-order valence-electron chi connectivity index (χ1n) is 5.50. The number of carbonyl (C=O) groups excluding carboxylic acids is 1. The molecule has 0 aromatic carbocycles. The van der Waals surface area contributed by atoms with Gasteiger partial charge in [-0.05, 0) is 0 Å². The number of hydrogen-bond acceptors (Lipinski definition) is 3. The second-order valence-electron chi connectivity index (χ2n) is 5.33. The first-order chi connectivity index (χ1) is 6.93. The number of hydrogen-bond donors (Lipinski definition) is 0. The first kappa shape index (κ1) is 10.9. The van der Waals surface area contributed by atoms with Crippen LogP contribution < -0.4 is 0 Å². The van der Waals surface area contributed by atoms with E-state index < -0.39 is 5.79 Å². The third-order valence-corrected chi connectivity index (χ3v) is 2.94. The van der Waals surface area contributed by atoms with Crippen molar-refractivity contribution in [2.45, 2.75) is 33.0 Å². The van der Waals surface area contributed by atoms with Gasteiger partial charge in [-0.15, -0.1) is 0 Å². The topological polar surface area (TPSA) is 38.8 Å². The molecule has 0 aromatic rings. The summed E-state index contributed by atoms with van der Waals surface area (Å²) in [7, 11) is 0. The van der Waals surface area contributed by atoms with Crippen LogP contribution in [-0.2, 0) is 14.3 Å². The molecule has 2 aliphatic rings. The van der Waals surface area contributed by atoms with Crippen LogP contribution in [0.4, 0.5) is 0 Å². The average Bonchev–Trinajstić information content (AvgIpc) is 2.75. The Balaban J connectivity index is 2.01. The molecule has 2 fully saturated rings. The molecule has 1 spiro atoms. The molecule has 0 unspecified atom stereocenters. The molecule has 4 nitrogen and oxygen atoms in total. The molecule has 2 aliphatic heterocycles. The predicted molar refractivity (Wildman–Crippen MR) is 55.3 cm³/mol. The zero-order valence-corrected chi connectivity index (χ0v) is 9.71. The van der Waals surface area contributed by atoms with Crippen molar-refractivity contribution in [2.24, 2.45) is 5.41 Å². The SMILES string of the molecule is CC(C)(C)C(=O)N1CCC2(C1)OCCO2. The van der Waals surface area contributed by atoms with Gasteiger partial charge in [0, 0.05) is 18.4 Å². The van der Waals surface area contributed by atoms with Crippen LogP contribution in [0, 0.1) is 5.41 Å². The van der Waals surface area contributed by atoms with E-state index in [1.54, 1.807) is 0 Å². The fraction of sp³-hybridized carbons (Fsp3) is 0.909. The fourth-order valence-corrected chi connectivity index (χ4v) is 2.13. The molecule has 0 aliphatic carbocycles. The summed E-state index contributed by atoms with van der Waals surface area (Å²) in [6, 6.07) is 0. The highest BCUT2D eigenvalue weighted by Crippen LogP contribution is 2.32. The van der Waals surface area contributed by atoms with Crippen molar-refractivity contribution in [3.63, 3.8) is 0 Å². The van der Waals surface area contributed by atoms with E-state index >= 15 is 0 Å². The summed E-state index contributed by atoms with van der Waals surface area (Å²) in [4.78, 5) is 13.9. The van der Waals surface area contributed by atoms with Gasteiger partial charge in [0.1, 0.15) is 0 Å². The van der Waals surface area contributed by atoms with Crippen molar-refractivity contribution in [2.75, 3.05) is 26.3 Å². The lowest BCUT2D eigenvalue weighted by Crippen LogP contribution is -2.41. The minimum absolute atomic E-state index is 0.179. The maximum atomic E-state index is 12.0. The van der Waals surface area contributed by atoms with Crippen LogP contribution in [0.2, 0.25) is 0 Å². The van der Waals surface area contributed by atoms with Crippen molar-refractivity contribution >= 4 is 5.91 Å². The Hall–Kier alpha value is -0.610. The third kappa shape index (κ3) is 2.01. The molecule has 0 bridgehead atoms. The predicted octanol–water partition coefficient (Wildman–Crippen LogP) is 1.01. The van der Waals surface area contributed by atoms with Gasteiger partial charge in [-0.25, -0.2) is 0 Å². The highest BCUT2D eigenvalue weighted by Gasteiger charge is 2.46. The van der Waals surface area contributed by atoms with Gasteiger partial charge in [0.2, 0.25) is 5.91 Å². The minimum Gasteiger partial charge on any atom is -0.346 e. The van der Waals surface area contributed by atoms with Gasteiger partial charge in [0.05, 0.1) is 19.8 Å². The van der Waals surface area contributed by atoms with Gasteiger partial charge in [0.25, 0.3) is 0 Å². The van der Waals surface area contributed by atoms with Crippen molar-refractivity contribution in [1.82, 2.24) is 4.90 Å². The van der Waals surface area contributed by atoms with Gasteiger partial charge in [-0.3, -0.25) is 4.79 Å². The Morgan fingerprint density at radius 2 is 1.87 bits per heavy atom. The summed E-state index contributed by atoms with van der Waals surface area (Å²) in [5, 5.41) is 0.